The van der Waals surface area contributed by atoms with Crippen LogP contribution < -0.4 is 0 Å². The first-order chi connectivity index (χ1) is 30.2. The fourth-order valence-electron chi connectivity index (χ4n) is 8.73. The summed E-state index contributed by atoms with van der Waals surface area (Å²) in [4.78, 5) is 20.3. The molecule has 0 saturated heterocycles. The topological polar surface area (TPSA) is 51.6 Å². The molecule has 12 aromatic rings. The van der Waals surface area contributed by atoms with Crippen LogP contribution in [0.4, 0.5) is 0 Å². The maximum absolute atomic E-state index is 5.58. The van der Waals surface area contributed by atoms with E-state index in [0.29, 0.717) is 17.5 Å². The van der Waals surface area contributed by atoms with Gasteiger partial charge < -0.3 is 0 Å². The Morgan fingerprint density at radius 3 is 1.52 bits per heavy atom. The maximum atomic E-state index is 5.58. The molecular weight excluding hydrogens is 761 g/mol. The Labute approximate surface area is 356 Å². The van der Waals surface area contributed by atoms with Gasteiger partial charge in [-0.2, -0.15) is 0 Å². The Morgan fingerprint density at radius 2 is 0.820 bits per heavy atom. The van der Waals surface area contributed by atoms with Crippen molar-refractivity contribution < 1.29 is 0 Å². The Bertz CT molecular complexity index is 3580. The van der Waals surface area contributed by atoms with Gasteiger partial charge in [-0.05, 0) is 68.1 Å². The van der Waals surface area contributed by atoms with E-state index in [1.54, 1.807) is 0 Å². The van der Waals surface area contributed by atoms with Gasteiger partial charge in [-0.1, -0.05) is 182 Å². The van der Waals surface area contributed by atoms with Crippen molar-refractivity contribution in [3.63, 3.8) is 0 Å². The lowest BCUT2D eigenvalue weighted by Crippen LogP contribution is -2.00. The van der Waals surface area contributed by atoms with Crippen LogP contribution >= 0.6 is 11.3 Å². The Kier molecular flexibility index (Phi) is 8.32. The molecule has 4 nitrogen and oxygen atoms in total. The predicted molar refractivity (Wildman–Crippen MR) is 256 cm³/mol. The Morgan fingerprint density at radius 1 is 0.311 bits per heavy atom. The molecule has 0 unspecified atom stereocenters. The van der Waals surface area contributed by atoms with E-state index < -0.39 is 0 Å². The molecule has 284 valence electrons. The molecule has 5 heteroatoms. The number of hydrogen-bond acceptors (Lipinski definition) is 5. The van der Waals surface area contributed by atoms with E-state index >= 15 is 0 Å². The van der Waals surface area contributed by atoms with Crippen LogP contribution in [-0.4, -0.2) is 19.9 Å². The molecule has 61 heavy (non-hydrogen) atoms. The summed E-state index contributed by atoms with van der Waals surface area (Å²) in [6, 6.07) is 72.8. The highest BCUT2D eigenvalue weighted by atomic mass is 32.1. The molecule has 0 saturated carbocycles. The minimum atomic E-state index is 0.639. The van der Waals surface area contributed by atoms with E-state index in [0.717, 1.165) is 55.7 Å². The van der Waals surface area contributed by atoms with Crippen LogP contribution in [0.3, 0.4) is 0 Å². The number of thiophene rings is 1. The second-order valence-electron chi connectivity index (χ2n) is 15.4. The van der Waals surface area contributed by atoms with Crippen molar-refractivity contribution in [3.8, 4) is 67.7 Å². The summed E-state index contributed by atoms with van der Waals surface area (Å²) in [5, 5.41) is 8.63. The first kappa shape index (κ1) is 35.1. The van der Waals surface area contributed by atoms with Gasteiger partial charge in [0.1, 0.15) is 0 Å². The summed E-state index contributed by atoms with van der Waals surface area (Å²) >= 11 is 1.84. The van der Waals surface area contributed by atoms with Crippen LogP contribution in [0.1, 0.15) is 0 Å². The molecule has 0 aliphatic rings. The Hall–Kier alpha value is -7.86. The Balaban J connectivity index is 0.955. The summed E-state index contributed by atoms with van der Waals surface area (Å²) in [6.07, 6.45) is 0. The van der Waals surface area contributed by atoms with Crippen molar-refractivity contribution in [1.82, 2.24) is 19.9 Å². The molecule has 12 rings (SSSR count). The van der Waals surface area contributed by atoms with Gasteiger partial charge >= 0.3 is 0 Å². The minimum absolute atomic E-state index is 0.639. The molecule has 0 spiro atoms. The molecule has 0 amide bonds. The highest BCUT2D eigenvalue weighted by molar-refractivity contribution is 7.26. The van der Waals surface area contributed by atoms with E-state index in [4.69, 9.17) is 19.9 Å². The van der Waals surface area contributed by atoms with Gasteiger partial charge in [-0.15, -0.1) is 11.3 Å². The molecule has 0 atom stereocenters. The lowest BCUT2D eigenvalue weighted by atomic mass is 9.93. The largest absolute Gasteiger partial charge is 0.246 e. The maximum Gasteiger partial charge on any atom is 0.164 e. The zero-order chi connectivity index (χ0) is 40.3. The van der Waals surface area contributed by atoms with Crippen LogP contribution in [0.25, 0.3) is 120 Å². The van der Waals surface area contributed by atoms with Gasteiger partial charge in [-0.25, -0.2) is 19.9 Å². The fraction of sp³-hybridized carbons (Fsp3) is 0. The minimum Gasteiger partial charge on any atom is -0.246 e. The van der Waals surface area contributed by atoms with E-state index in [1.165, 1.54) is 47.1 Å². The molecule has 0 aliphatic heterocycles. The van der Waals surface area contributed by atoms with Gasteiger partial charge in [0.15, 0.2) is 17.5 Å². The molecule has 0 radical (unpaired) electrons. The van der Waals surface area contributed by atoms with E-state index in [9.17, 15) is 0 Å². The first-order valence-electron chi connectivity index (χ1n) is 20.5. The van der Waals surface area contributed by atoms with Gasteiger partial charge in [0.2, 0.25) is 0 Å². The summed E-state index contributed by atoms with van der Waals surface area (Å²) < 4.78 is 2.49. The molecule has 3 aromatic heterocycles. The third-order valence-corrected chi connectivity index (χ3v) is 12.9. The van der Waals surface area contributed by atoms with Crippen molar-refractivity contribution in [1.29, 1.82) is 0 Å². The normalized spacial score (nSPS) is 11.6. The van der Waals surface area contributed by atoms with Crippen LogP contribution in [0.15, 0.2) is 206 Å². The number of nitrogens with zero attached hydrogens (tertiary/aromatic N) is 4. The number of fused-ring (bicyclic) bond motifs is 8. The average molecular weight is 795 g/mol. The monoisotopic (exact) mass is 794 g/mol. The number of rotatable bonds is 6. The zero-order valence-electron chi connectivity index (χ0n) is 32.8. The van der Waals surface area contributed by atoms with E-state index in [1.807, 2.05) is 72.0 Å². The van der Waals surface area contributed by atoms with Crippen molar-refractivity contribution >= 4 is 64.0 Å². The second kappa shape index (κ2) is 14.5. The fourth-order valence-corrected chi connectivity index (χ4v) is 9.95. The van der Waals surface area contributed by atoms with Crippen LogP contribution in [0.5, 0.6) is 0 Å². The lowest BCUT2D eigenvalue weighted by molar-refractivity contribution is 1.07. The SMILES string of the molecule is c1ccc(-c2nc(-c3ccccc3)nc(-c3ccc(-c4cccc(-c5ccc6c(c5)nc(-c5cc7ccccc7c7ccccc57)c5sc7ccccc7c56)c4)cc3)n2)cc1. The smallest absolute Gasteiger partial charge is 0.164 e. The summed E-state index contributed by atoms with van der Waals surface area (Å²) in [5.41, 5.74) is 10.5. The van der Waals surface area contributed by atoms with Gasteiger partial charge in [0, 0.05) is 43.1 Å². The predicted octanol–water partition coefficient (Wildman–Crippen LogP) is 15.1. The summed E-state index contributed by atoms with van der Waals surface area (Å²) in [6.45, 7) is 0. The molecule has 0 fully saturated rings. The molecular formula is C56H34N4S. The average Bonchev–Trinajstić information content (AvgIpc) is 3.74. The molecule has 9 aromatic carbocycles. The summed E-state index contributed by atoms with van der Waals surface area (Å²) in [7, 11) is 0. The van der Waals surface area contributed by atoms with Crippen molar-refractivity contribution in [2.24, 2.45) is 0 Å². The van der Waals surface area contributed by atoms with Gasteiger partial charge in [0.25, 0.3) is 0 Å². The van der Waals surface area contributed by atoms with E-state index in [2.05, 4.69) is 146 Å². The van der Waals surface area contributed by atoms with Gasteiger partial charge in [0.05, 0.1) is 15.9 Å². The van der Waals surface area contributed by atoms with E-state index in [-0.39, 0.29) is 0 Å². The quantitative estimate of drug-likeness (QED) is 0.157. The molecule has 0 bridgehead atoms. The standard InChI is InChI=1S/C56H34N4S/c1-3-14-36(15-4-1)54-58-55(37-16-5-2-6-17-37)60-56(59-54)38-28-26-35(27-29-38)39-19-13-20-40(32-39)41-30-31-46-49(34-41)57-52(53-51(46)47-24-11-12-25-50(47)61-53)48-33-42-18-7-8-21-43(42)44-22-9-10-23-45(44)48/h1-34H. The van der Waals surface area contributed by atoms with Crippen molar-refractivity contribution in [2.45, 2.75) is 0 Å². The highest BCUT2D eigenvalue weighted by Gasteiger charge is 2.19. The molecule has 3 heterocycles. The van der Waals surface area contributed by atoms with Gasteiger partial charge in [-0.3, -0.25) is 0 Å². The van der Waals surface area contributed by atoms with Crippen LogP contribution in [-0.2, 0) is 0 Å². The van der Waals surface area contributed by atoms with Crippen LogP contribution in [0, 0.1) is 0 Å². The zero-order valence-corrected chi connectivity index (χ0v) is 33.6. The first-order valence-corrected chi connectivity index (χ1v) is 21.3. The number of hydrogen-bond donors (Lipinski definition) is 0. The van der Waals surface area contributed by atoms with Crippen molar-refractivity contribution in [2.75, 3.05) is 0 Å². The van der Waals surface area contributed by atoms with Crippen LogP contribution in [0.2, 0.25) is 0 Å². The lowest BCUT2D eigenvalue weighted by Gasteiger charge is -2.13. The third kappa shape index (κ3) is 6.14. The number of aromatic nitrogens is 4. The summed E-state index contributed by atoms with van der Waals surface area (Å²) in [5.74, 6) is 1.94. The number of benzene rings is 9. The third-order valence-electron chi connectivity index (χ3n) is 11.7. The molecule has 0 N–H and O–H groups in total. The van der Waals surface area contributed by atoms with Crippen molar-refractivity contribution in [3.05, 3.63) is 206 Å². The number of pyridine rings is 1. The second-order valence-corrected chi connectivity index (χ2v) is 16.4. The molecule has 0 aliphatic carbocycles. The highest BCUT2D eigenvalue weighted by Crippen LogP contribution is 2.46.